The summed E-state index contributed by atoms with van der Waals surface area (Å²) < 4.78 is 13.1. The summed E-state index contributed by atoms with van der Waals surface area (Å²) in [6, 6.07) is 0. The molecule has 0 spiro atoms. The molecule has 0 radical (unpaired) electrons. The van der Waals surface area contributed by atoms with Gasteiger partial charge in [-0.15, -0.1) is 0 Å². The van der Waals surface area contributed by atoms with Gasteiger partial charge in [-0.1, -0.05) is 6.58 Å². The molecule has 0 rings (SSSR count). The van der Waals surface area contributed by atoms with Crippen molar-refractivity contribution < 1.29 is 38.8 Å². The molecule has 0 aromatic carbocycles. The number of esters is 3. The molecule has 0 heterocycles. The SMILES string of the molecule is C=C(C)C(=O)OC(C)(O)OC(=O)/C=C\C(=O)OC(C)O. The van der Waals surface area contributed by atoms with E-state index in [0.717, 1.165) is 6.92 Å². The highest BCUT2D eigenvalue weighted by Gasteiger charge is 2.30. The maximum Gasteiger partial charge on any atom is 0.370 e. The predicted octanol–water partition coefficient (Wildman–Crippen LogP) is -0.247. The Morgan fingerprint density at radius 3 is 2.15 bits per heavy atom. The van der Waals surface area contributed by atoms with Gasteiger partial charge in [0.05, 0.1) is 0 Å². The van der Waals surface area contributed by atoms with Gasteiger partial charge in [-0.3, -0.25) is 0 Å². The average Bonchev–Trinajstić information content (AvgIpc) is 2.23. The normalized spacial score (nSPS) is 15.1. The van der Waals surface area contributed by atoms with Crippen LogP contribution in [0.25, 0.3) is 0 Å². The molecule has 0 aromatic heterocycles. The number of ether oxygens (including phenoxy) is 3. The Morgan fingerprint density at radius 1 is 1.20 bits per heavy atom. The number of hydrogen-bond donors (Lipinski definition) is 2. The molecule has 0 amide bonds. The lowest BCUT2D eigenvalue weighted by molar-refractivity contribution is -0.310. The zero-order chi connectivity index (χ0) is 15.9. The minimum atomic E-state index is -2.51. The summed E-state index contributed by atoms with van der Waals surface area (Å²) in [6.07, 6.45) is -0.0257. The third kappa shape index (κ3) is 8.01. The van der Waals surface area contributed by atoms with E-state index in [0.29, 0.717) is 12.2 Å². The van der Waals surface area contributed by atoms with Crippen molar-refractivity contribution in [1.82, 2.24) is 0 Å². The van der Waals surface area contributed by atoms with Gasteiger partial charge in [-0.25, -0.2) is 14.4 Å². The van der Waals surface area contributed by atoms with E-state index in [2.05, 4.69) is 20.8 Å². The second kappa shape index (κ2) is 7.41. The molecular weight excluding hydrogens is 272 g/mol. The largest absolute Gasteiger partial charge is 0.433 e. The highest BCUT2D eigenvalue weighted by molar-refractivity contribution is 5.92. The van der Waals surface area contributed by atoms with Gasteiger partial charge < -0.3 is 24.4 Å². The summed E-state index contributed by atoms with van der Waals surface area (Å²) in [6.45, 7) is 6.73. The molecule has 0 aromatic rings. The van der Waals surface area contributed by atoms with E-state index in [1.54, 1.807) is 0 Å². The first-order valence-corrected chi connectivity index (χ1v) is 5.44. The summed E-state index contributed by atoms with van der Waals surface area (Å²) in [5, 5.41) is 18.2. The lowest BCUT2D eigenvalue weighted by Gasteiger charge is -2.21. The first kappa shape index (κ1) is 17.8. The van der Waals surface area contributed by atoms with Crippen LogP contribution in [0.3, 0.4) is 0 Å². The van der Waals surface area contributed by atoms with Crippen LogP contribution < -0.4 is 0 Å². The molecule has 0 aliphatic heterocycles. The molecule has 0 saturated carbocycles. The van der Waals surface area contributed by atoms with Crippen LogP contribution in [0.5, 0.6) is 0 Å². The van der Waals surface area contributed by atoms with Crippen molar-refractivity contribution in [3.8, 4) is 0 Å². The van der Waals surface area contributed by atoms with Gasteiger partial charge in [0.2, 0.25) is 0 Å². The number of rotatable bonds is 6. The molecule has 8 heteroatoms. The molecule has 0 aliphatic rings. The third-order valence-corrected chi connectivity index (χ3v) is 1.56. The summed E-state index contributed by atoms with van der Waals surface area (Å²) in [4.78, 5) is 33.3. The first-order valence-electron chi connectivity index (χ1n) is 5.44. The van der Waals surface area contributed by atoms with E-state index in [-0.39, 0.29) is 5.57 Å². The van der Waals surface area contributed by atoms with Crippen molar-refractivity contribution in [2.45, 2.75) is 33.0 Å². The second-order valence-corrected chi connectivity index (χ2v) is 3.86. The lowest BCUT2D eigenvalue weighted by atomic mass is 10.4. The Morgan fingerprint density at radius 2 is 1.70 bits per heavy atom. The lowest BCUT2D eigenvalue weighted by Crippen LogP contribution is -2.36. The molecule has 0 saturated heterocycles. The van der Waals surface area contributed by atoms with E-state index in [9.17, 15) is 19.5 Å². The number of hydrogen-bond acceptors (Lipinski definition) is 8. The van der Waals surface area contributed by atoms with Crippen LogP contribution in [0.2, 0.25) is 0 Å². The minimum absolute atomic E-state index is 0.00243. The number of carbonyl (C=O) groups is 3. The molecule has 2 unspecified atom stereocenters. The Hall–Kier alpha value is -2.19. The fourth-order valence-corrected chi connectivity index (χ4v) is 0.844. The van der Waals surface area contributed by atoms with Gasteiger partial charge in [-0.05, 0) is 13.8 Å². The Bertz CT molecular complexity index is 433. The average molecular weight is 288 g/mol. The fourth-order valence-electron chi connectivity index (χ4n) is 0.844. The van der Waals surface area contributed by atoms with Crippen molar-refractivity contribution in [3.63, 3.8) is 0 Å². The van der Waals surface area contributed by atoms with Gasteiger partial charge >= 0.3 is 23.9 Å². The van der Waals surface area contributed by atoms with E-state index < -0.39 is 30.2 Å². The molecule has 0 bridgehead atoms. The molecule has 112 valence electrons. The van der Waals surface area contributed by atoms with Gasteiger partial charge in [0.25, 0.3) is 0 Å². The summed E-state index contributed by atoms with van der Waals surface area (Å²) in [5.41, 5.74) is -0.00243. The number of aliphatic hydroxyl groups excluding tert-OH is 1. The van der Waals surface area contributed by atoms with Crippen LogP contribution in [0.15, 0.2) is 24.3 Å². The minimum Gasteiger partial charge on any atom is -0.433 e. The summed E-state index contributed by atoms with van der Waals surface area (Å²) >= 11 is 0. The highest BCUT2D eigenvalue weighted by atomic mass is 16.8. The smallest absolute Gasteiger partial charge is 0.370 e. The number of carbonyl (C=O) groups excluding carboxylic acids is 3. The van der Waals surface area contributed by atoms with Crippen LogP contribution in [0, 0.1) is 0 Å². The molecule has 2 N–H and O–H groups in total. The van der Waals surface area contributed by atoms with Gasteiger partial charge in [0.1, 0.15) is 0 Å². The van der Waals surface area contributed by atoms with E-state index in [1.165, 1.54) is 13.8 Å². The van der Waals surface area contributed by atoms with E-state index >= 15 is 0 Å². The fraction of sp³-hybridized carbons (Fsp3) is 0.417. The zero-order valence-corrected chi connectivity index (χ0v) is 11.3. The van der Waals surface area contributed by atoms with Crippen LogP contribution >= 0.6 is 0 Å². The highest BCUT2D eigenvalue weighted by Crippen LogP contribution is 2.11. The van der Waals surface area contributed by atoms with Crippen molar-refractivity contribution in [1.29, 1.82) is 0 Å². The maximum atomic E-state index is 11.2. The first-order chi connectivity index (χ1) is 9.03. The molecule has 0 aliphatic carbocycles. The van der Waals surface area contributed by atoms with Crippen molar-refractivity contribution >= 4 is 17.9 Å². The zero-order valence-electron chi connectivity index (χ0n) is 11.3. The topological polar surface area (TPSA) is 119 Å². The Kier molecular flexibility index (Phi) is 6.60. The van der Waals surface area contributed by atoms with E-state index in [4.69, 9.17) is 5.11 Å². The molecule has 2 atom stereocenters. The van der Waals surface area contributed by atoms with Crippen LogP contribution in [-0.4, -0.2) is 40.4 Å². The molecule has 8 nitrogen and oxygen atoms in total. The standard InChI is InChI=1S/C12H16O8/c1-7(2)11(16)20-12(4,17)19-10(15)6-5-9(14)18-8(3)13/h5-6,8,13,17H,1H2,2-4H3/b6-5-. The monoisotopic (exact) mass is 288 g/mol. The van der Waals surface area contributed by atoms with Crippen molar-refractivity contribution in [2.75, 3.05) is 0 Å². The quantitative estimate of drug-likeness (QED) is 0.390. The van der Waals surface area contributed by atoms with Gasteiger partial charge in [-0.2, -0.15) is 0 Å². The Labute approximate surface area is 115 Å². The van der Waals surface area contributed by atoms with Crippen molar-refractivity contribution in [2.24, 2.45) is 0 Å². The number of aliphatic hydroxyl groups is 2. The van der Waals surface area contributed by atoms with Crippen LogP contribution in [-0.2, 0) is 28.6 Å². The van der Waals surface area contributed by atoms with Crippen molar-refractivity contribution in [3.05, 3.63) is 24.3 Å². The third-order valence-electron chi connectivity index (χ3n) is 1.56. The van der Waals surface area contributed by atoms with E-state index in [1.807, 2.05) is 0 Å². The Balaban J connectivity index is 4.45. The van der Waals surface area contributed by atoms with Crippen LogP contribution in [0.4, 0.5) is 0 Å². The van der Waals surface area contributed by atoms with Crippen LogP contribution in [0.1, 0.15) is 20.8 Å². The second-order valence-electron chi connectivity index (χ2n) is 3.86. The summed E-state index contributed by atoms with van der Waals surface area (Å²) in [5.74, 6) is -5.62. The maximum absolute atomic E-state index is 11.2. The summed E-state index contributed by atoms with van der Waals surface area (Å²) in [7, 11) is 0. The van der Waals surface area contributed by atoms with Gasteiger partial charge in [0.15, 0.2) is 6.29 Å². The molecule has 0 fully saturated rings. The predicted molar refractivity (Wildman–Crippen MR) is 64.5 cm³/mol. The molecular formula is C12H16O8. The molecule has 20 heavy (non-hydrogen) atoms. The van der Waals surface area contributed by atoms with Gasteiger partial charge in [0, 0.05) is 24.6 Å².